The first kappa shape index (κ1) is 12.9. The molecule has 0 saturated heterocycles. The number of nitrogens with one attached hydrogen (secondary N) is 1. The number of pyridine rings is 1. The van der Waals surface area contributed by atoms with Gasteiger partial charge in [-0.25, -0.2) is 0 Å². The van der Waals surface area contributed by atoms with Crippen LogP contribution in [-0.4, -0.2) is 18.1 Å². The quantitative estimate of drug-likeness (QED) is 0.539. The smallest absolute Gasteiger partial charge is 0.0892 e. The third-order valence-corrected chi connectivity index (χ3v) is 2.13. The Morgan fingerprint density at radius 1 is 1.50 bits per heavy atom. The van der Waals surface area contributed by atoms with Crippen LogP contribution in [0.1, 0.15) is 24.6 Å². The van der Waals surface area contributed by atoms with Crippen LogP contribution in [0.25, 0.3) is 0 Å². The summed E-state index contributed by atoms with van der Waals surface area (Å²) in [4.78, 5) is 4.33. The molecule has 0 fully saturated rings. The first-order valence-corrected chi connectivity index (χ1v) is 5.70. The fourth-order valence-corrected chi connectivity index (χ4v) is 1.30. The van der Waals surface area contributed by atoms with Gasteiger partial charge in [0.15, 0.2) is 0 Å². The van der Waals surface area contributed by atoms with E-state index in [0.29, 0.717) is 13.2 Å². The highest BCUT2D eigenvalue weighted by Crippen LogP contribution is 2.01. The zero-order valence-corrected chi connectivity index (χ0v) is 9.91. The lowest BCUT2D eigenvalue weighted by molar-refractivity contribution is 0.146. The van der Waals surface area contributed by atoms with Crippen LogP contribution in [0, 0.1) is 0 Å². The van der Waals surface area contributed by atoms with E-state index in [4.69, 9.17) is 4.74 Å². The lowest BCUT2D eigenvalue weighted by atomic mass is 10.2. The molecule has 0 unspecified atom stereocenters. The molecule has 3 nitrogen and oxygen atoms in total. The van der Waals surface area contributed by atoms with Gasteiger partial charge in [0.25, 0.3) is 0 Å². The number of rotatable bonds is 8. The van der Waals surface area contributed by atoms with Crippen LogP contribution < -0.4 is 5.32 Å². The monoisotopic (exact) mass is 220 g/mol. The van der Waals surface area contributed by atoms with E-state index in [2.05, 4.69) is 29.9 Å². The van der Waals surface area contributed by atoms with Gasteiger partial charge in [0.05, 0.1) is 18.9 Å². The average molecular weight is 220 g/mol. The minimum Gasteiger partial charge on any atom is -0.371 e. The molecule has 0 aliphatic heterocycles. The summed E-state index contributed by atoms with van der Waals surface area (Å²) in [6.45, 7) is 8.80. The predicted octanol–water partition coefficient (Wildman–Crippen LogP) is 2.28. The second-order valence-corrected chi connectivity index (χ2v) is 3.64. The fraction of sp³-hybridized carbons (Fsp3) is 0.462. The molecule has 0 atom stereocenters. The molecule has 3 heteroatoms. The minimum atomic E-state index is 0.550. The van der Waals surface area contributed by atoms with Crippen LogP contribution in [0.2, 0.25) is 0 Å². The molecule has 0 amide bonds. The van der Waals surface area contributed by atoms with Gasteiger partial charge in [0.2, 0.25) is 0 Å². The highest BCUT2D eigenvalue weighted by molar-refractivity contribution is 5.13. The van der Waals surface area contributed by atoms with Crippen LogP contribution in [0.5, 0.6) is 0 Å². The maximum atomic E-state index is 5.31. The highest BCUT2D eigenvalue weighted by Gasteiger charge is 1.96. The molecule has 88 valence electrons. The Balaban J connectivity index is 2.32. The normalized spacial score (nSPS) is 10.3. The molecule has 0 aromatic carbocycles. The summed E-state index contributed by atoms with van der Waals surface area (Å²) in [7, 11) is 0. The van der Waals surface area contributed by atoms with Gasteiger partial charge in [0.1, 0.15) is 0 Å². The standard InChI is InChI=1S/C13H20N2O/c1-3-7-14-9-12-5-6-13(15-10-12)11-16-8-4-2/h4-6,10,14H,2-3,7-9,11H2,1H3. The van der Waals surface area contributed by atoms with E-state index in [1.807, 2.05) is 12.3 Å². The van der Waals surface area contributed by atoms with E-state index >= 15 is 0 Å². The fourth-order valence-electron chi connectivity index (χ4n) is 1.30. The molecule has 16 heavy (non-hydrogen) atoms. The molecular formula is C13H20N2O. The van der Waals surface area contributed by atoms with Gasteiger partial charge in [-0.15, -0.1) is 6.58 Å². The topological polar surface area (TPSA) is 34.1 Å². The summed E-state index contributed by atoms with van der Waals surface area (Å²) in [5.41, 5.74) is 2.17. The minimum absolute atomic E-state index is 0.550. The third-order valence-electron chi connectivity index (χ3n) is 2.13. The van der Waals surface area contributed by atoms with Gasteiger partial charge in [-0.2, -0.15) is 0 Å². The van der Waals surface area contributed by atoms with Crippen molar-refractivity contribution in [3.63, 3.8) is 0 Å². The molecule has 1 heterocycles. The van der Waals surface area contributed by atoms with E-state index in [1.54, 1.807) is 6.08 Å². The summed E-state index contributed by atoms with van der Waals surface area (Å²) >= 11 is 0. The summed E-state index contributed by atoms with van der Waals surface area (Å²) in [5, 5.41) is 3.34. The third kappa shape index (κ3) is 5.05. The molecule has 0 radical (unpaired) electrons. The van der Waals surface area contributed by atoms with Crippen molar-refractivity contribution in [3.05, 3.63) is 42.2 Å². The molecular weight excluding hydrogens is 200 g/mol. The van der Waals surface area contributed by atoms with Gasteiger partial charge in [-0.3, -0.25) is 4.98 Å². The zero-order valence-electron chi connectivity index (χ0n) is 9.91. The van der Waals surface area contributed by atoms with Gasteiger partial charge < -0.3 is 10.1 Å². The molecule has 0 saturated carbocycles. The molecule has 1 aromatic rings. The van der Waals surface area contributed by atoms with Crippen LogP contribution in [0.4, 0.5) is 0 Å². The Bertz CT molecular complexity index is 295. The van der Waals surface area contributed by atoms with Gasteiger partial charge in [-0.1, -0.05) is 19.1 Å². The molecule has 0 aliphatic carbocycles. The summed E-state index contributed by atoms with van der Waals surface area (Å²) in [6, 6.07) is 4.09. The largest absolute Gasteiger partial charge is 0.371 e. The van der Waals surface area contributed by atoms with Gasteiger partial charge in [0, 0.05) is 12.7 Å². The number of hydrogen-bond donors (Lipinski definition) is 1. The Kier molecular flexibility index (Phi) is 6.45. The SMILES string of the molecule is C=CCOCc1ccc(CNCCC)cn1. The van der Waals surface area contributed by atoms with Crippen molar-refractivity contribution in [1.82, 2.24) is 10.3 Å². The predicted molar refractivity (Wildman–Crippen MR) is 66.1 cm³/mol. The summed E-state index contributed by atoms with van der Waals surface area (Å²) in [5.74, 6) is 0. The lowest BCUT2D eigenvalue weighted by Crippen LogP contribution is -2.14. The highest BCUT2D eigenvalue weighted by atomic mass is 16.5. The van der Waals surface area contributed by atoms with E-state index in [1.165, 1.54) is 5.56 Å². The van der Waals surface area contributed by atoms with Crippen LogP contribution in [0.3, 0.4) is 0 Å². The van der Waals surface area contributed by atoms with Crippen molar-refractivity contribution in [1.29, 1.82) is 0 Å². The van der Waals surface area contributed by atoms with E-state index in [9.17, 15) is 0 Å². The second-order valence-electron chi connectivity index (χ2n) is 3.64. The molecule has 0 bridgehead atoms. The molecule has 0 spiro atoms. The van der Waals surface area contributed by atoms with Crippen molar-refractivity contribution in [2.45, 2.75) is 26.5 Å². The maximum Gasteiger partial charge on any atom is 0.0892 e. The average Bonchev–Trinajstić information content (AvgIpc) is 2.32. The molecule has 1 N–H and O–H groups in total. The van der Waals surface area contributed by atoms with Crippen molar-refractivity contribution in [2.24, 2.45) is 0 Å². The van der Waals surface area contributed by atoms with Crippen molar-refractivity contribution < 1.29 is 4.74 Å². The second kappa shape index (κ2) is 8.02. The number of ether oxygens (including phenoxy) is 1. The van der Waals surface area contributed by atoms with Crippen LogP contribution in [0.15, 0.2) is 31.0 Å². The molecule has 1 rings (SSSR count). The zero-order chi connectivity index (χ0) is 11.6. The Hall–Kier alpha value is -1.19. The Morgan fingerprint density at radius 2 is 2.38 bits per heavy atom. The first-order chi connectivity index (χ1) is 7.86. The van der Waals surface area contributed by atoms with Crippen molar-refractivity contribution in [2.75, 3.05) is 13.2 Å². The van der Waals surface area contributed by atoms with Crippen LogP contribution in [-0.2, 0) is 17.9 Å². The van der Waals surface area contributed by atoms with E-state index < -0.39 is 0 Å². The number of aromatic nitrogens is 1. The number of hydrogen-bond acceptors (Lipinski definition) is 3. The molecule has 0 aliphatic rings. The van der Waals surface area contributed by atoms with Gasteiger partial charge in [-0.05, 0) is 24.6 Å². The number of nitrogens with zero attached hydrogens (tertiary/aromatic N) is 1. The first-order valence-electron chi connectivity index (χ1n) is 5.70. The van der Waals surface area contributed by atoms with Crippen molar-refractivity contribution in [3.8, 4) is 0 Å². The van der Waals surface area contributed by atoms with E-state index in [0.717, 1.165) is 25.2 Å². The Morgan fingerprint density at radius 3 is 3.00 bits per heavy atom. The van der Waals surface area contributed by atoms with Gasteiger partial charge >= 0.3 is 0 Å². The molecule has 1 aromatic heterocycles. The maximum absolute atomic E-state index is 5.31. The Labute approximate surface area is 97.5 Å². The lowest BCUT2D eigenvalue weighted by Gasteiger charge is -2.04. The van der Waals surface area contributed by atoms with Crippen molar-refractivity contribution >= 4 is 0 Å². The van der Waals surface area contributed by atoms with E-state index in [-0.39, 0.29) is 0 Å². The summed E-state index contributed by atoms with van der Waals surface area (Å²) in [6.07, 6.45) is 4.79. The summed E-state index contributed by atoms with van der Waals surface area (Å²) < 4.78 is 5.31. The van der Waals surface area contributed by atoms with Crippen LogP contribution >= 0.6 is 0 Å².